The Morgan fingerprint density at radius 1 is 1.00 bits per heavy atom. The van der Waals surface area contributed by atoms with Gasteiger partial charge in [-0.25, -0.2) is 4.79 Å². The lowest BCUT2D eigenvalue weighted by molar-refractivity contribution is 0.0601. The van der Waals surface area contributed by atoms with E-state index in [2.05, 4.69) is 15.6 Å². The van der Waals surface area contributed by atoms with Crippen LogP contribution in [0.5, 0.6) is 0 Å². The second-order valence-electron chi connectivity index (χ2n) is 5.79. The Bertz CT molecular complexity index is 942. The predicted molar refractivity (Wildman–Crippen MR) is 103 cm³/mol. The molecular weight excluding hydrogens is 342 g/mol. The molecule has 1 heterocycles. The number of methoxy groups -OCH3 is 1. The monoisotopic (exact) mass is 361 g/mol. The average Bonchev–Trinajstić information content (AvgIpc) is 2.73. The minimum absolute atomic E-state index is 0.226. The molecule has 0 spiro atoms. The van der Waals surface area contributed by atoms with Crippen LogP contribution < -0.4 is 10.6 Å². The number of rotatable bonds is 6. The van der Waals surface area contributed by atoms with Crippen LogP contribution in [0.4, 0.5) is 11.4 Å². The number of nitrogens with zero attached hydrogens (tertiary/aromatic N) is 1. The van der Waals surface area contributed by atoms with Gasteiger partial charge in [0, 0.05) is 12.7 Å². The quantitative estimate of drug-likeness (QED) is 0.657. The summed E-state index contributed by atoms with van der Waals surface area (Å²) >= 11 is 0. The van der Waals surface area contributed by atoms with Gasteiger partial charge in [-0.3, -0.25) is 9.78 Å². The van der Waals surface area contributed by atoms with Crippen molar-refractivity contribution in [2.75, 3.05) is 12.4 Å². The largest absolute Gasteiger partial charge is 0.465 e. The Morgan fingerprint density at radius 3 is 2.52 bits per heavy atom. The highest BCUT2D eigenvalue weighted by atomic mass is 16.5. The number of carbonyl (C=O) groups is 2. The van der Waals surface area contributed by atoms with E-state index in [1.807, 2.05) is 30.3 Å². The van der Waals surface area contributed by atoms with E-state index in [0.29, 0.717) is 29.0 Å². The van der Waals surface area contributed by atoms with Crippen LogP contribution in [0.3, 0.4) is 0 Å². The van der Waals surface area contributed by atoms with Crippen LogP contribution in [0.15, 0.2) is 73.1 Å². The van der Waals surface area contributed by atoms with Crippen LogP contribution in [-0.2, 0) is 11.3 Å². The number of hydrogen-bond donors (Lipinski definition) is 2. The molecule has 0 aliphatic rings. The first-order valence-corrected chi connectivity index (χ1v) is 8.39. The average molecular weight is 361 g/mol. The SMILES string of the molecule is COC(=O)c1ccccc1Nc1cncc(C(=O)NCc2ccccc2)c1. The van der Waals surface area contributed by atoms with E-state index in [1.165, 1.54) is 13.3 Å². The molecule has 2 aromatic carbocycles. The zero-order valence-electron chi connectivity index (χ0n) is 14.8. The van der Waals surface area contributed by atoms with E-state index in [4.69, 9.17) is 4.74 Å². The molecule has 27 heavy (non-hydrogen) atoms. The van der Waals surface area contributed by atoms with Gasteiger partial charge in [0.2, 0.25) is 0 Å². The lowest BCUT2D eigenvalue weighted by Crippen LogP contribution is -2.23. The maximum Gasteiger partial charge on any atom is 0.339 e. The maximum absolute atomic E-state index is 12.4. The Kier molecular flexibility index (Phi) is 5.79. The molecule has 0 aliphatic heterocycles. The number of anilines is 2. The Hall–Kier alpha value is -3.67. The summed E-state index contributed by atoms with van der Waals surface area (Å²) in [4.78, 5) is 28.4. The lowest BCUT2D eigenvalue weighted by atomic mass is 10.1. The van der Waals surface area contributed by atoms with Crippen molar-refractivity contribution in [3.8, 4) is 0 Å². The second kappa shape index (κ2) is 8.62. The lowest BCUT2D eigenvalue weighted by Gasteiger charge is -2.11. The van der Waals surface area contributed by atoms with E-state index in [-0.39, 0.29) is 5.91 Å². The zero-order chi connectivity index (χ0) is 19.1. The van der Waals surface area contributed by atoms with Gasteiger partial charge in [0.15, 0.2) is 0 Å². The molecule has 3 aromatic rings. The standard InChI is InChI=1S/C21H19N3O3/c1-27-21(26)18-9-5-6-10-19(18)24-17-11-16(13-22-14-17)20(25)23-12-15-7-3-2-4-8-15/h2-11,13-14,24H,12H2,1H3,(H,23,25). The summed E-state index contributed by atoms with van der Waals surface area (Å²) in [5.74, 6) is -0.668. The Balaban J connectivity index is 1.72. The van der Waals surface area contributed by atoms with Crippen molar-refractivity contribution in [3.05, 3.63) is 89.7 Å². The zero-order valence-corrected chi connectivity index (χ0v) is 14.8. The van der Waals surface area contributed by atoms with Crippen LogP contribution in [0.2, 0.25) is 0 Å². The number of benzene rings is 2. The summed E-state index contributed by atoms with van der Waals surface area (Å²) in [7, 11) is 1.33. The topological polar surface area (TPSA) is 80.3 Å². The van der Waals surface area contributed by atoms with Crippen LogP contribution in [0, 0.1) is 0 Å². The summed E-state index contributed by atoms with van der Waals surface area (Å²) < 4.78 is 4.79. The summed E-state index contributed by atoms with van der Waals surface area (Å²) in [6, 6.07) is 18.3. The van der Waals surface area contributed by atoms with Gasteiger partial charge in [-0.05, 0) is 23.8 Å². The molecular formula is C21H19N3O3. The predicted octanol–water partition coefficient (Wildman–Crippen LogP) is 3.54. The molecule has 0 unspecified atom stereocenters. The minimum atomic E-state index is -0.442. The second-order valence-corrected chi connectivity index (χ2v) is 5.79. The van der Waals surface area contributed by atoms with E-state index in [1.54, 1.807) is 36.5 Å². The third kappa shape index (κ3) is 4.70. The molecule has 6 nitrogen and oxygen atoms in total. The first-order valence-electron chi connectivity index (χ1n) is 8.39. The van der Waals surface area contributed by atoms with Crippen molar-refractivity contribution >= 4 is 23.3 Å². The van der Waals surface area contributed by atoms with Crippen molar-refractivity contribution in [1.82, 2.24) is 10.3 Å². The minimum Gasteiger partial charge on any atom is -0.465 e. The molecule has 0 bridgehead atoms. The van der Waals surface area contributed by atoms with Crippen LogP contribution in [0.25, 0.3) is 0 Å². The number of hydrogen-bond acceptors (Lipinski definition) is 5. The first-order chi connectivity index (χ1) is 13.2. The van der Waals surface area contributed by atoms with Gasteiger partial charge in [0.25, 0.3) is 5.91 Å². The molecule has 0 fully saturated rings. The van der Waals surface area contributed by atoms with Gasteiger partial charge in [-0.15, -0.1) is 0 Å². The van der Waals surface area contributed by atoms with E-state index in [0.717, 1.165) is 5.56 Å². The molecule has 136 valence electrons. The summed E-state index contributed by atoms with van der Waals surface area (Å²) in [5.41, 5.74) is 3.01. The fourth-order valence-electron chi connectivity index (χ4n) is 2.55. The summed E-state index contributed by atoms with van der Waals surface area (Å²) in [6.07, 6.45) is 3.08. The Labute approximate surface area is 157 Å². The fraction of sp³-hybridized carbons (Fsp3) is 0.0952. The van der Waals surface area contributed by atoms with Crippen LogP contribution in [0.1, 0.15) is 26.3 Å². The molecule has 6 heteroatoms. The number of ether oxygens (including phenoxy) is 1. The van der Waals surface area contributed by atoms with Gasteiger partial charge < -0.3 is 15.4 Å². The summed E-state index contributed by atoms with van der Waals surface area (Å²) in [6.45, 7) is 0.433. The first kappa shape index (κ1) is 18.1. The van der Waals surface area contributed by atoms with Crippen molar-refractivity contribution < 1.29 is 14.3 Å². The molecule has 0 radical (unpaired) electrons. The fourth-order valence-corrected chi connectivity index (χ4v) is 2.55. The van der Waals surface area contributed by atoms with Gasteiger partial charge in [0.05, 0.1) is 35.8 Å². The molecule has 0 saturated carbocycles. The van der Waals surface area contributed by atoms with E-state index < -0.39 is 5.97 Å². The Morgan fingerprint density at radius 2 is 1.74 bits per heavy atom. The van der Waals surface area contributed by atoms with Crippen LogP contribution in [-0.4, -0.2) is 24.0 Å². The maximum atomic E-state index is 12.4. The number of nitrogens with one attached hydrogen (secondary N) is 2. The van der Waals surface area contributed by atoms with Crippen molar-refractivity contribution in [2.24, 2.45) is 0 Å². The molecule has 0 saturated heterocycles. The molecule has 0 aliphatic carbocycles. The smallest absolute Gasteiger partial charge is 0.339 e. The normalized spacial score (nSPS) is 10.1. The number of para-hydroxylation sites is 1. The molecule has 0 atom stereocenters. The van der Waals surface area contributed by atoms with Crippen molar-refractivity contribution in [1.29, 1.82) is 0 Å². The molecule has 2 N–H and O–H groups in total. The van der Waals surface area contributed by atoms with Gasteiger partial charge in [0.1, 0.15) is 0 Å². The van der Waals surface area contributed by atoms with Gasteiger partial charge in [-0.1, -0.05) is 42.5 Å². The van der Waals surface area contributed by atoms with Crippen molar-refractivity contribution in [2.45, 2.75) is 6.54 Å². The number of esters is 1. The van der Waals surface area contributed by atoms with E-state index >= 15 is 0 Å². The highest BCUT2D eigenvalue weighted by Crippen LogP contribution is 2.21. The highest BCUT2D eigenvalue weighted by molar-refractivity contribution is 5.97. The number of aromatic nitrogens is 1. The third-order valence-corrected chi connectivity index (χ3v) is 3.91. The highest BCUT2D eigenvalue weighted by Gasteiger charge is 2.12. The molecule has 1 aromatic heterocycles. The number of carbonyl (C=O) groups excluding carboxylic acids is 2. The van der Waals surface area contributed by atoms with Crippen LogP contribution >= 0.6 is 0 Å². The third-order valence-electron chi connectivity index (χ3n) is 3.91. The number of pyridine rings is 1. The van der Waals surface area contributed by atoms with E-state index in [9.17, 15) is 9.59 Å². The van der Waals surface area contributed by atoms with Gasteiger partial charge >= 0.3 is 5.97 Å². The summed E-state index contributed by atoms with van der Waals surface area (Å²) in [5, 5.41) is 5.98. The molecule has 3 rings (SSSR count). The van der Waals surface area contributed by atoms with Gasteiger partial charge in [-0.2, -0.15) is 0 Å². The number of amides is 1. The molecule has 1 amide bonds. The van der Waals surface area contributed by atoms with Crippen molar-refractivity contribution in [3.63, 3.8) is 0 Å².